The molecule has 2 N–H and O–H groups in total. The van der Waals surface area contributed by atoms with E-state index in [1.807, 2.05) is 54.6 Å². The number of hydrogen-bond acceptors (Lipinski definition) is 1. The minimum absolute atomic E-state index is 0.0326. The summed E-state index contributed by atoms with van der Waals surface area (Å²) in [7, 11) is -4.41. The molecule has 3 rings (SSSR count). The smallest absolute Gasteiger partial charge is 0.321 e. The summed E-state index contributed by atoms with van der Waals surface area (Å²) in [6, 6.07) is 20.1. The fourth-order valence-electron chi connectivity index (χ4n) is 2.57. The van der Waals surface area contributed by atoms with Crippen LogP contribution in [0.5, 0.6) is 0 Å². The van der Waals surface area contributed by atoms with Crippen molar-refractivity contribution in [3.63, 3.8) is 0 Å². The molecule has 0 atom stereocenters. The molecule has 0 radical (unpaired) electrons. The van der Waals surface area contributed by atoms with Gasteiger partial charge >= 0.3 is 7.60 Å². The predicted octanol–water partition coefficient (Wildman–Crippen LogP) is 5.35. The van der Waals surface area contributed by atoms with E-state index < -0.39 is 7.60 Å². The summed E-state index contributed by atoms with van der Waals surface area (Å²) < 4.78 is 13.9. The molecule has 0 saturated heterocycles. The molecule has 122 valence electrons. The molecule has 6 heteroatoms. The molecule has 0 heterocycles. The minimum atomic E-state index is -4.41. The Morgan fingerprint density at radius 3 is 1.71 bits per heavy atom. The first kappa shape index (κ1) is 17.6. The van der Waals surface area contributed by atoms with E-state index in [4.69, 9.17) is 0 Å². The third kappa shape index (κ3) is 3.71. The molecule has 0 aliphatic carbocycles. The monoisotopic (exact) mass is 466 g/mol. The first-order valence-electron chi connectivity index (χ1n) is 7.07. The van der Waals surface area contributed by atoms with Crippen molar-refractivity contribution >= 4 is 44.8 Å². The molecule has 0 unspecified atom stereocenters. The summed E-state index contributed by atoms with van der Waals surface area (Å²) in [6.07, 6.45) is 0. The average molecular weight is 468 g/mol. The van der Waals surface area contributed by atoms with Gasteiger partial charge in [-0.2, -0.15) is 0 Å². The Morgan fingerprint density at radius 2 is 1.21 bits per heavy atom. The highest BCUT2D eigenvalue weighted by Gasteiger charge is 2.24. The highest BCUT2D eigenvalue weighted by molar-refractivity contribution is 9.10. The molecular weight excluding hydrogens is 455 g/mol. The summed E-state index contributed by atoms with van der Waals surface area (Å²) in [6.45, 7) is 0. The second-order valence-electron chi connectivity index (χ2n) is 5.26. The zero-order chi connectivity index (χ0) is 17.3. The molecular formula is C18H13Br2O3P. The van der Waals surface area contributed by atoms with Gasteiger partial charge in [-0.1, -0.05) is 68.3 Å². The molecule has 0 aromatic heterocycles. The van der Waals surface area contributed by atoms with E-state index in [2.05, 4.69) is 31.9 Å². The summed E-state index contributed by atoms with van der Waals surface area (Å²) in [5, 5.41) is 0.0326. The molecule has 0 bridgehead atoms. The molecule has 0 saturated carbocycles. The Morgan fingerprint density at radius 1 is 0.708 bits per heavy atom. The lowest BCUT2D eigenvalue weighted by atomic mass is 9.94. The number of hydrogen-bond donors (Lipinski definition) is 2. The maximum atomic E-state index is 12.0. The van der Waals surface area contributed by atoms with E-state index in [-0.39, 0.29) is 5.30 Å². The lowest BCUT2D eigenvalue weighted by Gasteiger charge is -2.16. The van der Waals surface area contributed by atoms with Crippen LogP contribution in [0.2, 0.25) is 0 Å². The summed E-state index contributed by atoms with van der Waals surface area (Å²) in [5.74, 6) is 0. The van der Waals surface area contributed by atoms with Crippen LogP contribution in [-0.4, -0.2) is 9.79 Å². The van der Waals surface area contributed by atoms with Crippen molar-refractivity contribution in [1.29, 1.82) is 0 Å². The number of rotatable bonds is 3. The lowest BCUT2D eigenvalue weighted by molar-refractivity contribution is 0.387. The highest BCUT2D eigenvalue weighted by atomic mass is 79.9. The molecule has 0 amide bonds. The highest BCUT2D eigenvalue weighted by Crippen LogP contribution is 2.42. The second kappa shape index (κ2) is 6.95. The van der Waals surface area contributed by atoms with Crippen molar-refractivity contribution in [3.05, 3.63) is 75.7 Å². The third-order valence-corrected chi connectivity index (χ3v) is 5.70. The van der Waals surface area contributed by atoms with Crippen molar-refractivity contribution in [2.75, 3.05) is 0 Å². The summed E-state index contributed by atoms with van der Waals surface area (Å²) in [4.78, 5) is 19.6. The van der Waals surface area contributed by atoms with Gasteiger partial charge in [0.2, 0.25) is 0 Å². The van der Waals surface area contributed by atoms with Gasteiger partial charge in [0.05, 0.1) is 5.30 Å². The third-order valence-electron chi connectivity index (χ3n) is 3.64. The van der Waals surface area contributed by atoms with Crippen molar-refractivity contribution in [1.82, 2.24) is 0 Å². The molecule has 3 aromatic rings. The zero-order valence-electron chi connectivity index (χ0n) is 12.4. The maximum Gasteiger partial charge on any atom is 0.356 e. The summed E-state index contributed by atoms with van der Waals surface area (Å²) in [5.41, 5.74) is 2.99. The van der Waals surface area contributed by atoms with E-state index in [1.54, 1.807) is 6.07 Å². The minimum Gasteiger partial charge on any atom is -0.321 e. The molecule has 3 nitrogen and oxygen atoms in total. The van der Waals surface area contributed by atoms with Gasteiger partial charge in [0.15, 0.2) is 0 Å². The summed E-state index contributed by atoms with van der Waals surface area (Å²) >= 11 is 6.79. The first-order valence-corrected chi connectivity index (χ1v) is 10.3. The van der Waals surface area contributed by atoms with Crippen LogP contribution in [0.15, 0.2) is 75.7 Å². The van der Waals surface area contributed by atoms with Crippen molar-refractivity contribution in [3.8, 4) is 22.3 Å². The van der Waals surface area contributed by atoms with Gasteiger partial charge in [-0.15, -0.1) is 0 Å². The Kier molecular flexibility index (Phi) is 5.09. The van der Waals surface area contributed by atoms with E-state index in [9.17, 15) is 14.4 Å². The van der Waals surface area contributed by atoms with Crippen LogP contribution in [-0.2, 0) is 4.57 Å². The van der Waals surface area contributed by atoms with Crippen LogP contribution in [0, 0.1) is 0 Å². The Balaban J connectivity index is 2.31. The fraction of sp³-hybridized carbons (Fsp3) is 0. The standard InChI is InChI=1S/C18H13Br2O3P/c19-14-8-4-12(5-9-14)16-2-1-3-17(24(21,22)23)18(16)13-6-10-15(20)11-7-13/h1-11H,(H2,21,22,23). The molecule has 3 aromatic carbocycles. The quantitative estimate of drug-likeness (QED) is 0.510. The SMILES string of the molecule is O=P(O)(O)c1cccc(-c2ccc(Br)cc2)c1-c1ccc(Br)cc1. The van der Waals surface area contributed by atoms with Gasteiger partial charge in [-0.05, 0) is 47.0 Å². The van der Waals surface area contributed by atoms with E-state index in [0.717, 1.165) is 25.6 Å². The number of benzene rings is 3. The van der Waals surface area contributed by atoms with Crippen LogP contribution in [0.3, 0.4) is 0 Å². The Hall–Kier alpha value is -1.23. The Labute approximate surface area is 156 Å². The van der Waals surface area contributed by atoms with Gasteiger partial charge in [0.1, 0.15) is 0 Å². The van der Waals surface area contributed by atoms with Crippen molar-refractivity contribution in [2.24, 2.45) is 0 Å². The molecule has 0 aliphatic rings. The van der Waals surface area contributed by atoms with Gasteiger partial charge in [0.25, 0.3) is 0 Å². The van der Waals surface area contributed by atoms with Crippen molar-refractivity contribution < 1.29 is 14.4 Å². The van der Waals surface area contributed by atoms with E-state index in [0.29, 0.717) is 5.56 Å². The van der Waals surface area contributed by atoms with Crippen LogP contribution in [0.25, 0.3) is 22.3 Å². The molecule has 0 fully saturated rings. The largest absolute Gasteiger partial charge is 0.356 e. The predicted molar refractivity (Wildman–Crippen MR) is 104 cm³/mol. The van der Waals surface area contributed by atoms with Gasteiger partial charge in [-0.25, -0.2) is 0 Å². The number of halogens is 2. The zero-order valence-corrected chi connectivity index (χ0v) is 16.4. The molecule has 0 spiro atoms. The van der Waals surface area contributed by atoms with Gasteiger partial charge in [-0.3, -0.25) is 4.57 Å². The topological polar surface area (TPSA) is 57.5 Å². The van der Waals surface area contributed by atoms with Crippen LogP contribution in [0.4, 0.5) is 0 Å². The first-order chi connectivity index (χ1) is 11.4. The molecule has 24 heavy (non-hydrogen) atoms. The fourth-order valence-corrected chi connectivity index (χ4v) is 3.92. The van der Waals surface area contributed by atoms with Crippen molar-refractivity contribution in [2.45, 2.75) is 0 Å². The average Bonchev–Trinajstić information content (AvgIpc) is 2.55. The van der Waals surface area contributed by atoms with Crippen LogP contribution < -0.4 is 5.30 Å². The second-order valence-corrected chi connectivity index (χ2v) is 8.66. The van der Waals surface area contributed by atoms with E-state index >= 15 is 0 Å². The lowest BCUT2D eigenvalue weighted by Crippen LogP contribution is -2.09. The van der Waals surface area contributed by atoms with E-state index in [1.165, 1.54) is 6.07 Å². The van der Waals surface area contributed by atoms with Gasteiger partial charge in [0, 0.05) is 14.5 Å². The molecule has 0 aliphatic heterocycles. The van der Waals surface area contributed by atoms with Crippen LogP contribution in [0.1, 0.15) is 0 Å². The normalized spacial score (nSPS) is 11.5. The maximum absolute atomic E-state index is 12.0. The van der Waals surface area contributed by atoms with Crippen LogP contribution >= 0.6 is 39.5 Å². The Bertz CT molecular complexity index is 916. The van der Waals surface area contributed by atoms with Gasteiger partial charge < -0.3 is 9.79 Å².